The molecule has 7 heteroatoms. The molecule has 1 aliphatic heterocycles. The first-order valence-corrected chi connectivity index (χ1v) is 5.79. The van der Waals surface area contributed by atoms with Gasteiger partial charge in [0.15, 0.2) is 5.82 Å². The summed E-state index contributed by atoms with van der Waals surface area (Å²) >= 11 is 1.71. The maximum absolute atomic E-state index is 11.5. The van der Waals surface area contributed by atoms with Gasteiger partial charge in [-0.15, -0.1) is 11.8 Å². The molecule has 1 amide bonds. The molecule has 82 valence electrons. The van der Waals surface area contributed by atoms with Crippen LogP contribution in [0.4, 0.5) is 0 Å². The van der Waals surface area contributed by atoms with Crippen molar-refractivity contribution in [3.63, 3.8) is 0 Å². The second-order valence-electron chi connectivity index (χ2n) is 3.22. The lowest BCUT2D eigenvalue weighted by atomic mass is 10.3. The highest BCUT2D eigenvalue weighted by molar-refractivity contribution is 7.99. The molecule has 1 aromatic heterocycles. The van der Waals surface area contributed by atoms with Gasteiger partial charge in [-0.25, -0.2) is 0 Å². The molecule has 1 aromatic rings. The second kappa shape index (κ2) is 4.63. The van der Waals surface area contributed by atoms with Gasteiger partial charge in [0.2, 0.25) is 11.8 Å². The number of nitrogens with zero attached hydrogens (tertiary/aromatic N) is 2. The number of nitrogens with one attached hydrogen (secondary N) is 2. The van der Waals surface area contributed by atoms with E-state index in [1.165, 1.54) is 0 Å². The summed E-state index contributed by atoms with van der Waals surface area (Å²) in [5.41, 5.74) is 0. The molecule has 2 heterocycles. The van der Waals surface area contributed by atoms with Gasteiger partial charge in [0.1, 0.15) is 0 Å². The van der Waals surface area contributed by atoms with Crippen molar-refractivity contribution in [2.75, 3.05) is 11.6 Å². The van der Waals surface area contributed by atoms with Crippen molar-refractivity contribution in [2.24, 2.45) is 0 Å². The first kappa shape index (κ1) is 10.4. The first-order valence-electron chi connectivity index (χ1n) is 4.64. The van der Waals surface area contributed by atoms with Gasteiger partial charge in [0, 0.05) is 11.6 Å². The average molecular weight is 228 g/mol. The number of carbonyl (C=O) groups is 1. The van der Waals surface area contributed by atoms with Gasteiger partial charge in [0.05, 0.1) is 12.6 Å². The number of hydrogen-bond acceptors (Lipinski definition) is 6. The Morgan fingerprint density at radius 3 is 3.27 bits per heavy atom. The Morgan fingerprint density at radius 2 is 2.67 bits per heavy atom. The standard InChI is InChI=1S/C8H12N4O2S/c1-5-11-7(14-12-5)2-9-8(13)6-3-15-4-10-6/h6,10H,2-4H2,1H3,(H,9,13). The maximum Gasteiger partial charge on any atom is 0.246 e. The van der Waals surface area contributed by atoms with E-state index in [1.807, 2.05) is 0 Å². The third kappa shape index (κ3) is 2.69. The van der Waals surface area contributed by atoms with Crippen LogP contribution in [-0.4, -0.2) is 33.7 Å². The number of thioether (sulfide) groups is 1. The van der Waals surface area contributed by atoms with E-state index in [2.05, 4.69) is 20.8 Å². The van der Waals surface area contributed by atoms with Crippen molar-refractivity contribution < 1.29 is 9.32 Å². The van der Waals surface area contributed by atoms with Crippen LogP contribution in [0.5, 0.6) is 0 Å². The number of rotatable bonds is 3. The molecule has 0 aromatic carbocycles. The van der Waals surface area contributed by atoms with Crippen LogP contribution >= 0.6 is 11.8 Å². The summed E-state index contributed by atoms with van der Waals surface area (Å²) in [6.45, 7) is 2.03. The quantitative estimate of drug-likeness (QED) is 0.736. The van der Waals surface area contributed by atoms with Crippen LogP contribution in [0.15, 0.2) is 4.52 Å². The van der Waals surface area contributed by atoms with Crippen LogP contribution in [0.2, 0.25) is 0 Å². The molecule has 2 rings (SSSR count). The molecule has 1 saturated heterocycles. The van der Waals surface area contributed by atoms with Crippen molar-refractivity contribution in [1.29, 1.82) is 0 Å². The van der Waals surface area contributed by atoms with E-state index in [0.29, 0.717) is 18.3 Å². The SMILES string of the molecule is Cc1noc(CNC(=O)C2CSCN2)n1. The average Bonchev–Trinajstić information content (AvgIpc) is 2.84. The fraction of sp³-hybridized carbons (Fsp3) is 0.625. The Hall–Kier alpha value is -1.08. The number of carbonyl (C=O) groups excluding carboxylic acids is 1. The van der Waals surface area contributed by atoms with Crippen molar-refractivity contribution in [3.8, 4) is 0 Å². The maximum atomic E-state index is 11.5. The highest BCUT2D eigenvalue weighted by Gasteiger charge is 2.22. The van der Waals surface area contributed by atoms with Crippen LogP contribution in [0, 0.1) is 6.92 Å². The molecule has 0 saturated carbocycles. The zero-order valence-electron chi connectivity index (χ0n) is 8.32. The molecular formula is C8H12N4O2S. The highest BCUT2D eigenvalue weighted by atomic mass is 32.2. The van der Waals surface area contributed by atoms with Gasteiger partial charge in [0.25, 0.3) is 0 Å². The predicted octanol–water partition coefficient (Wildman–Crippen LogP) is -0.343. The summed E-state index contributed by atoms with van der Waals surface area (Å²) in [4.78, 5) is 15.5. The summed E-state index contributed by atoms with van der Waals surface area (Å²) in [7, 11) is 0. The number of amides is 1. The van der Waals surface area contributed by atoms with Crippen LogP contribution in [0.3, 0.4) is 0 Å². The topological polar surface area (TPSA) is 80.0 Å². The zero-order valence-corrected chi connectivity index (χ0v) is 9.13. The van der Waals surface area contributed by atoms with Crippen LogP contribution in [-0.2, 0) is 11.3 Å². The summed E-state index contributed by atoms with van der Waals surface area (Å²) in [5.74, 6) is 2.64. The van der Waals surface area contributed by atoms with Gasteiger partial charge < -0.3 is 9.84 Å². The summed E-state index contributed by atoms with van der Waals surface area (Å²) < 4.78 is 4.88. The summed E-state index contributed by atoms with van der Waals surface area (Å²) in [6, 6.07) is -0.0981. The van der Waals surface area contributed by atoms with Gasteiger partial charge in [-0.2, -0.15) is 4.98 Å². The molecule has 1 atom stereocenters. The minimum atomic E-state index is -0.0981. The van der Waals surface area contributed by atoms with Crippen molar-refractivity contribution in [3.05, 3.63) is 11.7 Å². The fourth-order valence-corrected chi connectivity index (χ4v) is 2.20. The van der Waals surface area contributed by atoms with Gasteiger partial charge in [-0.1, -0.05) is 5.16 Å². The lowest BCUT2D eigenvalue weighted by molar-refractivity contribution is -0.122. The van der Waals surface area contributed by atoms with E-state index in [9.17, 15) is 4.79 Å². The smallest absolute Gasteiger partial charge is 0.246 e. The van der Waals surface area contributed by atoms with Gasteiger partial charge in [-0.3, -0.25) is 10.1 Å². The van der Waals surface area contributed by atoms with Crippen LogP contribution < -0.4 is 10.6 Å². The molecule has 2 N–H and O–H groups in total. The normalized spacial score (nSPS) is 20.5. The lowest BCUT2D eigenvalue weighted by Crippen LogP contribution is -2.41. The first-order chi connectivity index (χ1) is 7.25. The summed E-state index contributed by atoms with van der Waals surface area (Å²) in [6.07, 6.45) is 0. The van der Waals surface area contributed by atoms with E-state index in [4.69, 9.17) is 4.52 Å². The molecule has 6 nitrogen and oxygen atoms in total. The largest absolute Gasteiger partial charge is 0.346 e. The Kier molecular flexibility index (Phi) is 3.22. The third-order valence-electron chi connectivity index (χ3n) is 2.02. The number of hydrogen-bond donors (Lipinski definition) is 2. The number of aromatic nitrogens is 2. The van der Waals surface area contributed by atoms with Crippen molar-refractivity contribution in [1.82, 2.24) is 20.8 Å². The van der Waals surface area contributed by atoms with E-state index in [1.54, 1.807) is 18.7 Å². The van der Waals surface area contributed by atoms with Crippen molar-refractivity contribution >= 4 is 17.7 Å². The minimum absolute atomic E-state index is 0.0177. The highest BCUT2D eigenvalue weighted by Crippen LogP contribution is 2.09. The molecule has 1 fully saturated rings. The van der Waals surface area contributed by atoms with Crippen molar-refractivity contribution in [2.45, 2.75) is 19.5 Å². The molecule has 1 aliphatic rings. The molecule has 0 radical (unpaired) electrons. The summed E-state index contributed by atoms with van der Waals surface area (Å²) in [5, 5.41) is 9.46. The molecular weight excluding hydrogens is 216 g/mol. The van der Waals surface area contributed by atoms with Gasteiger partial charge >= 0.3 is 0 Å². The zero-order chi connectivity index (χ0) is 10.7. The molecule has 15 heavy (non-hydrogen) atoms. The molecule has 0 spiro atoms. The minimum Gasteiger partial charge on any atom is -0.346 e. The lowest BCUT2D eigenvalue weighted by Gasteiger charge is -2.08. The van der Waals surface area contributed by atoms with E-state index >= 15 is 0 Å². The number of aryl methyl sites for hydroxylation is 1. The molecule has 0 aliphatic carbocycles. The predicted molar refractivity (Wildman–Crippen MR) is 55.1 cm³/mol. The molecule has 1 unspecified atom stereocenters. The Morgan fingerprint density at radius 1 is 1.80 bits per heavy atom. The van der Waals surface area contributed by atoms with E-state index in [-0.39, 0.29) is 11.9 Å². The fourth-order valence-electron chi connectivity index (χ4n) is 1.26. The Balaban J connectivity index is 1.80. The monoisotopic (exact) mass is 228 g/mol. The van der Waals surface area contributed by atoms with Crippen LogP contribution in [0.25, 0.3) is 0 Å². The Labute approximate surface area is 91.2 Å². The second-order valence-corrected chi connectivity index (χ2v) is 4.26. The third-order valence-corrected chi connectivity index (χ3v) is 2.96. The Bertz CT molecular complexity index is 348. The molecule has 0 bridgehead atoms. The van der Waals surface area contributed by atoms with Gasteiger partial charge in [-0.05, 0) is 6.92 Å². The van der Waals surface area contributed by atoms with Crippen LogP contribution in [0.1, 0.15) is 11.7 Å². The van der Waals surface area contributed by atoms with E-state index < -0.39 is 0 Å². The van der Waals surface area contributed by atoms with E-state index in [0.717, 1.165) is 11.6 Å².